The lowest BCUT2D eigenvalue weighted by Gasteiger charge is -2.22. The van der Waals surface area contributed by atoms with Crippen LogP contribution < -0.4 is 9.64 Å². The van der Waals surface area contributed by atoms with Gasteiger partial charge in [0.05, 0.1) is 12.8 Å². The highest BCUT2D eigenvalue weighted by Gasteiger charge is 2.20. The zero-order valence-corrected chi connectivity index (χ0v) is 15.5. The molecular weight excluding hydrogens is 340 g/mol. The molecule has 0 spiro atoms. The smallest absolute Gasteiger partial charge is 0.250 e. The van der Waals surface area contributed by atoms with E-state index in [9.17, 15) is 0 Å². The topological polar surface area (TPSA) is 59.3 Å². The van der Waals surface area contributed by atoms with Gasteiger partial charge in [-0.25, -0.2) is 0 Å². The number of rotatable bonds is 5. The minimum Gasteiger partial charge on any atom is -0.497 e. The molecule has 0 aliphatic carbocycles. The van der Waals surface area contributed by atoms with Crippen LogP contribution in [0.4, 0.5) is 5.95 Å². The van der Waals surface area contributed by atoms with E-state index in [0.29, 0.717) is 0 Å². The second-order valence-electron chi connectivity index (χ2n) is 6.69. The van der Waals surface area contributed by atoms with Gasteiger partial charge in [-0.2, -0.15) is 4.68 Å². The van der Waals surface area contributed by atoms with Crippen LogP contribution >= 0.6 is 0 Å². The third-order valence-electron chi connectivity index (χ3n) is 4.89. The van der Waals surface area contributed by atoms with E-state index in [0.717, 1.165) is 56.5 Å². The zero-order valence-electron chi connectivity index (χ0n) is 15.5. The van der Waals surface area contributed by atoms with Gasteiger partial charge in [-0.05, 0) is 46.7 Å². The highest BCUT2D eigenvalue weighted by molar-refractivity contribution is 5.40. The molecule has 0 bridgehead atoms. The predicted octanol–water partition coefficient (Wildman–Crippen LogP) is 2.38. The van der Waals surface area contributed by atoms with Gasteiger partial charge >= 0.3 is 0 Å². The van der Waals surface area contributed by atoms with Gasteiger partial charge in [-0.15, -0.1) is 0 Å². The molecule has 4 rings (SSSR count). The Morgan fingerprint density at radius 3 is 2.52 bits per heavy atom. The fraction of sp³-hybridized carbons (Fsp3) is 0.350. The molecule has 3 aromatic rings. The molecular formula is C20H24N6O. The molecule has 140 valence electrons. The maximum Gasteiger partial charge on any atom is 0.250 e. The van der Waals surface area contributed by atoms with Crippen LogP contribution in [0.5, 0.6) is 5.75 Å². The van der Waals surface area contributed by atoms with Gasteiger partial charge in [0.2, 0.25) is 5.95 Å². The third-order valence-corrected chi connectivity index (χ3v) is 4.89. The fourth-order valence-corrected chi connectivity index (χ4v) is 3.43. The van der Waals surface area contributed by atoms with Crippen LogP contribution in [0.2, 0.25) is 0 Å². The van der Waals surface area contributed by atoms with Gasteiger partial charge in [0.15, 0.2) is 0 Å². The summed E-state index contributed by atoms with van der Waals surface area (Å²) < 4.78 is 7.06. The summed E-state index contributed by atoms with van der Waals surface area (Å²) in [6.07, 6.45) is 1.08. The van der Waals surface area contributed by atoms with Crippen molar-refractivity contribution in [1.29, 1.82) is 0 Å². The van der Waals surface area contributed by atoms with Gasteiger partial charge in [0.25, 0.3) is 0 Å². The van der Waals surface area contributed by atoms with E-state index in [1.165, 1.54) is 5.56 Å². The molecule has 1 fully saturated rings. The van der Waals surface area contributed by atoms with Crippen molar-refractivity contribution in [2.24, 2.45) is 0 Å². The quantitative estimate of drug-likeness (QED) is 0.693. The molecule has 1 aliphatic rings. The van der Waals surface area contributed by atoms with E-state index < -0.39 is 0 Å². The Morgan fingerprint density at radius 1 is 0.926 bits per heavy atom. The van der Waals surface area contributed by atoms with Crippen molar-refractivity contribution in [1.82, 2.24) is 25.1 Å². The molecule has 27 heavy (non-hydrogen) atoms. The summed E-state index contributed by atoms with van der Waals surface area (Å²) >= 11 is 0. The normalized spacial score (nSPS) is 15.5. The van der Waals surface area contributed by atoms with Crippen molar-refractivity contribution in [2.45, 2.75) is 13.0 Å². The number of benzene rings is 2. The average Bonchev–Trinajstić information content (AvgIpc) is 3.10. The first-order valence-corrected chi connectivity index (χ1v) is 9.27. The molecule has 7 heteroatoms. The van der Waals surface area contributed by atoms with Crippen LogP contribution in [0, 0.1) is 0 Å². The van der Waals surface area contributed by atoms with Crippen molar-refractivity contribution in [3.8, 4) is 11.4 Å². The van der Waals surface area contributed by atoms with Crippen LogP contribution in [0.1, 0.15) is 12.0 Å². The molecule has 2 aromatic carbocycles. The lowest BCUT2D eigenvalue weighted by atomic mass is 10.2. The van der Waals surface area contributed by atoms with Crippen LogP contribution in [0.3, 0.4) is 0 Å². The van der Waals surface area contributed by atoms with Crippen molar-refractivity contribution >= 4 is 5.95 Å². The molecule has 1 aliphatic heterocycles. The monoisotopic (exact) mass is 364 g/mol. The third kappa shape index (κ3) is 4.09. The number of nitrogens with zero attached hydrogens (tertiary/aromatic N) is 6. The Kier molecular flexibility index (Phi) is 5.29. The second kappa shape index (κ2) is 8.18. The molecule has 0 amide bonds. The van der Waals surface area contributed by atoms with Crippen LogP contribution in [0.25, 0.3) is 5.69 Å². The SMILES string of the molecule is COc1ccc(CN2CCCN(c3nnnn3-c3ccccc3)CC2)cc1. The standard InChI is InChI=1S/C20H24N6O/c1-27-19-10-8-17(9-11-19)16-24-12-5-13-25(15-14-24)20-21-22-23-26(20)18-6-3-2-4-7-18/h2-4,6-11H,5,12-16H2,1H3. The summed E-state index contributed by atoms with van der Waals surface area (Å²) in [7, 11) is 1.70. The lowest BCUT2D eigenvalue weighted by molar-refractivity contribution is 0.285. The number of ether oxygens (including phenoxy) is 1. The molecule has 1 saturated heterocycles. The molecule has 0 unspecified atom stereocenters. The van der Waals surface area contributed by atoms with Gasteiger partial charge in [-0.1, -0.05) is 35.4 Å². The maximum atomic E-state index is 5.24. The average molecular weight is 364 g/mol. The van der Waals surface area contributed by atoms with Gasteiger partial charge in [0.1, 0.15) is 5.75 Å². The van der Waals surface area contributed by atoms with Gasteiger partial charge < -0.3 is 9.64 Å². The number of aromatic nitrogens is 4. The molecule has 0 radical (unpaired) electrons. The van der Waals surface area contributed by atoms with E-state index >= 15 is 0 Å². The van der Waals surface area contributed by atoms with Crippen LogP contribution in [-0.4, -0.2) is 58.4 Å². The second-order valence-corrected chi connectivity index (χ2v) is 6.69. The number of hydrogen-bond donors (Lipinski definition) is 0. The largest absolute Gasteiger partial charge is 0.497 e. The molecule has 2 heterocycles. The van der Waals surface area contributed by atoms with Gasteiger partial charge in [0, 0.05) is 32.7 Å². The summed E-state index contributed by atoms with van der Waals surface area (Å²) in [6.45, 7) is 4.85. The van der Waals surface area contributed by atoms with Crippen molar-refractivity contribution < 1.29 is 4.74 Å². The Morgan fingerprint density at radius 2 is 1.74 bits per heavy atom. The predicted molar refractivity (Wildman–Crippen MR) is 104 cm³/mol. The number of anilines is 1. The Balaban J connectivity index is 1.42. The fourth-order valence-electron chi connectivity index (χ4n) is 3.43. The molecule has 0 saturated carbocycles. The van der Waals surface area contributed by atoms with Crippen molar-refractivity contribution in [3.63, 3.8) is 0 Å². The maximum absolute atomic E-state index is 5.24. The van der Waals surface area contributed by atoms with E-state index in [2.05, 4.69) is 37.5 Å². The highest BCUT2D eigenvalue weighted by Crippen LogP contribution is 2.18. The summed E-state index contributed by atoms with van der Waals surface area (Å²) in [5, 5.41) is 12.4. The summed E-state index contributed by atoms with van der Waals surface area (Å²) in [6, 6.07) is 18.4. The van der Waals surface area contributed by atoms with E-state index in [1.54, 1.807) is 7.11 Å². The lowest BCUT2D eigenvalue weighted by Crippen LogP contribution is -2.32. The highest BCUT2D eigenvalue weighted by atomic mass is 16.5. The minimum absolute atomic E-state index is 0.812. The van der Waals surface area contributed by atoms with E-state index in [-0.39, 0.29) is 0 Å². The summed E-state index contributed by atoms with van der Waals surface area (Å²) in [5.41, 5.74) is 2.29. The number of para-hydroxylation sites is 1. The van der Waals surface area contributed by atoms with Crippen LogP contribution in [-0.2, 0) is 6.54 Å². The van der Waals surface area contributed by atoms with Crippen LogP contribution in [0.15, 0.2) is 54.6 Å². The number of methoxy groups -OCH3 is 1. The number of hydrogen-bond acceptors (Lipinski definition) is 6. The Hall–Kier alpha value is -2.93. The summed E-state index contributed by atoms with van der Waals surface area (Å²) in [4.78, 5) is 4.76. The molecule has 0 N–H and O–H groups in total. The molecule has 1 aromatic heterocycles. The Bertz CT molecular complexity index is 848. The molecule has 0 atom stereocenters. The minimum atomic E-state index is 0.812. The van der Waals surface area contributed by atoms with E-state index in [1.807, 2.05) is 47.1 Å². The Labute approximate surface area is 159 Å². The first-order valence-electron chi connectivity index (χ1n) is 9.27. The first kappa shape index (κ1) is 17.5. The molecule has 7 nitrogen and oxygen atoms in total. The number of tetrazole rings is 1. The van der Waals surface area contributed by atoms with Crippen molar-refractivity contribution in [2.75, 3.05) is 38.2 Å². The first-order chi connectivity index (χ1) is 13.3. The van der Waals surface area contributed by atoms with E-state index in [4.69, 9.17) is 4.74 Å². The zero-order chi connectivity index (χ0) is 18.5. The van der Waals surface area contributed by atoms with Crippen molar-refractivity contribution in [3.05, 3.63) is 60.2 Å². The van der Waals surface area contributed by atoms with Gasteiger partial charge in [-0.3, -0.25) is 4.90 Å². The summed E-state index contributed by atoms with van der Waals surface area (Å²) in [5.74, 6) is 1.71.